The van der Waals surface area contributed by atoms with E-state index in [-0.39, 0.29) is 0 Å². The summed E-state index contributed by atoms with van der Waals surface area (Å²) >= 11 is 6.16. The Labute approximate surface area is 95.8 Å². The van der Waals surface area contributed by atoms with Crippen LogP contribution in [0, 0.1) is 0 Å². The molecular weight excluding hydrogens is 208 g/mol. The van der Waals surface area contributed by atoms with Gasteiger partial charge >= 0.3 is 0 Å². The lowest BCUT2D eigenvalue weighted by molar-refractivity contribution is 0.112. The molecule has 0 saturated heterocycles. The quantitative estimate of drug-likeness (QED) is 0.703. The molecule has 0 heterocycles. The van der Waals surface area contributed by atoms with Crippen LogP contribution in [-0.4, -0.2) is 6.29 Å². The molecule has 1 rings (SSSR count). The molecule has 0 fully saturated rings. The molecule has 0 bridgehead atoms. The standard InChI is InChI=1S/C13H15ClO/c1-3-5-13(14)12-7-6-10(9-15)8-11(12)4-2/h5-9H,3-4H2,1-2H3. The van der Waals surface area contributed by atoms with Crippen LogP contribution in [0.3, 0.4) is 0 Å². The predicted molar refractivity (Wildman–Crippen MR) is 65.3 cm³/mol. The van der Waals surface area contributed by atoms with Crippen molar-refractivity contribution in [2.75, 3.05) is 0 Å². The van der Waals surface area contributed by atoms with E-state index in [9.17, 15) is 4.79 Å². The van der Waals surface area contributed by atoms with Gasteiger partial charge in [-0.2, -0.15) is 0 Å². The monoisotopic (exact) mass is 222 g/mol. The number of allylic oxidation sites excluding steroid dienone is 1. The van der Waals surface area contributed by atoms with Crippen molar-refractivity contribution in [1.82, 2.24) is 0 Å². The lowest BCUT2D eigenvalue weighted by Crippen LogP contribution is -1.91. The molecule has 0 aliphatic rings. The van der Waals surface area contributed by atoms with Crippen LogP contribution in [0.4, 0.5) is 0 Å². The van der Waals surface area contributed by atoms with Crippen LogP contribution >= 0.6 is 11.6 Å². The van der Waals surface area contributed by atoms with Gasteiger partial charge in [0.25, 0.3) is 0 Å². The summed E-state index contributed by atoms with van der Waals surface area (Å²) in [6, 6.07) is 5.61. The van der Waals surface area contributed by atoms with Crippen molar-refractivity contribution in [3.63, 3.8) is 0 Å². The second-order valence-corrected chi connectivity index (χ2v) is 3.76. The SMILES string of the molecule is CCC=C(Cl)c1ccc(C=O)cc1CC. The maximum atomic E-state index is 10.6. The summed E-state index contributed by atoms with van der Waals surface area (Å²) in [5.41, 5.74) is 2.86. The zero-order valence-corrected chi connectivity index (χ0v) is 9.84. The molecule has 1 aromatic rings. The maximum Gasteiger partial charge on any atom is 0.150 e. The molecule has 0 atom stereocenters. The summed E-state index contributed by atoms with van der Waals surface area (Å²) in [5.74, 6) is 0. The largest absolute Gasteiger partial charge is 0.298 e. The number of aryl methyl sites for hydroxylation is 1. The predicted octanol–water partition coefficient (Wildman–Crippen LogP) is 4.05. The molecule has 1 nitrogen and oxygen atoms in total. The van der Waals surface area contributed by atoms with Crippen LogP contribution in [0.1, 0.15) is 41.8 Å². The number of rotatable bonds is 4. The summed E-state index contributed by atoms with van der Waals surface area (Å²) < 4.78 is 0. The molecule has 80 valence electrons. The highest BCUT2D eigenvalue weighted by molar-refractivity contribution is 6.48. The van der Waals surface area contributed by atoms with Gasteiger partial charge < -0.3 is 0 Å². The van der Waals surface area contributed by atoms with Crippen molar-refractivity contribution < 1.29 is 4.79 Å². The molecule has 0 N–H and O–H groups in total. The van der Waals surface area contributed by atoms with E-state index in [0.29, 0.717) is 5.56 Å². The first kappa shape index (κ1) is 12.0. The van der Waals surface area contributed by atoms with Crippen LogP contribution in [0.5, 0.6) is 0 Å². The van der Waals surface area contributed by atoms with Gasteiger partial charge in [-0.1, -0.05) is 43.7 Å². The van der Waals surface area contributed by atoms with E-state index in [1.54, 1.807) is 6.07 Å². The third-order valence-corrected chi connectivity index (χ3v) is 2.64. The topological polar surface area (TPSA) is 17.1 Å². The minimum Gasteiger partial charge on any atom is -0.298 e. The van der Waals surface area contributed by atoms with Gasteiger partial charge in [0.05, 0.1) is 0 Å². The van der Waals surface area contributed by atoms with Gasteiger partial charge in [-0.15, -0.1) is 0 Å². The van der Waals surface area contributed by atoms with Gasteiger partial charge in [0, 0.05) is 10.6 Å². The Morgan fingerprint density at radius 1 is 1.40 bits per heavy atom. The van der Waals surface area contributed by atoms with Gasteiger partial charge in [0.2, 0.25) is 0 Å². The van der Waals surface area contributed by atoms with Crippen LogP contribution < -0.4 is 0 Å². The molecule has 0 amide bonds. The summed E-state index contributed by atoms with van der Waals surface area (Å²) in [6.07, 6.45) is 4.64. The second-order valence-electron chi connectivity index (χ2n) is 3.35. The van der Waals surface area contributed by atoms with Gasteiger partial charge in [-0.3, -0.25) is 4.79 Å². The maximum absolute atomic E-state index is 10.6. The van der Waals surface area contributed by atoms with Crippen LogP contribution in [0.2, 0.25) is 0 Å². The molecule has 0 unspecified atom stereocenters. The second kappa shape index (κ2) is 5.72. The average Bonchev–Trinajstić information content (AvgIpc) is 2.28. The molecular formula is C13H15ClO. The van der Waals surface area contributed by atoms with E-state index in [1.165, 1.54) is 0 Å². The van der Waals surface area contributed by atoms with E-state index >= 15 is 0 Å². The first-order valence-corrected chi connectivity index (χ1v) is 5.54. The Morgan fingerprint density at radius 2 is 2.13 bits per heavy atom. The number of aldehydes is 1. The van der Waals surface area contributed by atoms with Crippen LogP contribution in [0.25, 0.3) is 5.03 Å². The normalized spacial score (nSPS) is 11.5. The van der Waals surface area contributed by atoms with E-state index in [4.69, 9.17) is 11.6 Å². The number of hydrogen-bond donors (Lipinski definition) is 0. The molecule has 0 aliphatic heterocycles. The third-order valence-electron chi connectivity index (χ3n) is 2.29. The molecule has 15 heavy (non-hydrogen) atoms. The first-order chi connectivity index (χ1) is 7.22. The van der Waals surface area contributed by atoms with Crippen molar-refractivity contribution in [3.8, 4) is 0 Å². The van der Waals surface area contributed by atoms with Crippen molar-refractivity contribution in [1.29, 1.82) is 0 Å². The first-order valence-electron chi connectivity index (χ1n) is 5.17. The highest BCUT2D eigenvalue weighted by Crippen LogP contribution is 2.24. The smallest absolute Gasteiger partial charge is 0.150 e. The van der Waals surface area contributed by atoms with Crippen LogP contribution in [0.15, 0.2) is 24.3 Å². The highest BCUT2D eigenvalue weighted by Gasteiger charge is 2.04. The molecule has 0 aliphatic carbocycles. The Balaban J connectivity index is 3.18. The fraction of sp³-hybridized carbons (Fsp3) is 0.308. The van der Waals surface area contributed by atoms with Gasteiger partial charge in [0.15, 0.2) is 0 Å². The number of hydrogen-bond acceptors (Lipinski definition) is 1. The van der Waals surface area contributed by atoms with E-state index in [2.05, 4.69) is 6.92 Å². The van der Waals surface area contributed by atoms with E-state index in [1.807, 2.05) is 25.1 Å². The fourth-order valence-electron chi connectivity index (χ4n) is 1.50. The minimum absolute atomic E-state index is 0.705. The van der Waals surface area contributed by atoms with Gasteiger partial charge in [-0.05, 0) is 30.0 Å². The van der Waals surface area contributed by atoms with Gasteiger partial charge in [-0.25, -0.2) is 0 Å². The Morgan fingerprint density at radius 3 is 2.67 bits per heavy atom. The number of benzene rings is 1. The highest BCUT2D eigenvalue weighted by atomic mass is 35.5. The van der Waals surface area contributed by atoms with Crippen molar-refractivity contribution in [2.45, 2.75) is 26.7 Å². The van der Waals surface area contributed by atoms with E-state index < -0.39 is 0 Å². The zero-order chi connectivity index (χ0) is 11.3. The third kappa shape index (κ3) is 2.93. The number of carbonyl (C=O) groups is 1. The number of halogens is 1. The molecule has 0 saturated carbocycles. The van der Waals surface area contributed by atoms with E-state index in [0.717, 1.165) is 35.3 Å². The lowest BCUT2D eigenvalue weighted by atomic mass is 10.0. The molecule has 2 heteroatoms. The van der Waals surface area contributed by atoms with Crippen molar-refractivity contribution >= 4 is 22.9 Å². The number of carbonyl (C=O) groups excluding carboxylic acids is 1. The zero-order valence-electron chi connectivity index (χ0n) is 9.09. The summed E-state index contributed by atoms with van der Waals surface area (Å²) in [5, 5.41) is 0.770. The van der Waals surface area contributed by atoms with Gasteiger partial charge in [0.1, 0.15) is 6.29 Å². The molecule has 1 aromatic carbocycles. The van der Waals surface area contributed by atoms with Crippen molar-refractivity contribution in [3.05, 3.63) is 41.0 Å². The Hall–Kier alpha value is -1.08. The molecule has 0 radical (unpaired) electrons. The Kier molecular flexibility index (Phi) is 4.57. The Bertz CT molecular complexity index is 380. The lowest BCUT2D eigenvalue weighted by Gasteiger charge is -2.07. The average molecular weight is 223 g/mol. The molecule has 0 aromatic heterocycles. The fourth-order valence-corrected chi connectivity index (χ4v) is 1.84. The molecule has 0 spiro atoms. The summed E-state index contributed by atoms with van der Waals surface area (Å²) in [7, 11) is 0. The summed E-state index contributed by atoms with van der Waals surface area (Å²) in [4.78, 5) is 10.6. The van der Waals surface area contributed by atoms with Crippen LogP contribution in [-0.2, 0) is 6.42 Å². The van der Waals surface area contributed by atoms with Crippen molar-refractivity contribution in [2.24, 2.45) is 0 Å². The summed E-state index contributed by atoms with van der Waals surface area (Å²) in [6.45, 7) is 4.11. The minimum atomic E-state index is 0.705.